The number of phenolic OH excluding ortho intramolecular Hbond substituents is 2. The number of aromatic hydroxyl groups is 2. The lowest BCUT2D eigenvalue weighted by Crippen LogP contribution is -2.09. The fourth-order valence-corrected chi connectivity index (χ4v) is 3.34. The van der Waals surface area contributed by atoms with E-state index in [1.165, 1.54) is 30.4 Å². The zero-order valence-corrected chi connectivity index (χ0v) is 11.5. The van der Waals surface area contributed by atoms with Crippen LogP contribution in [0.1, 0.15) is 68.6 Å². The first-order valence-electron chi connectivity index (χ1n) is 7.25. The molecule has 0 atom stereocenters. The zero-order valence-electron chi connectivity index (χ0n) is 11.5. The van der Waals surface area contributed by atoms with Crippen LogP contribution in [0, 0.1) is 0 Å². The van der Waals surface area contributed by atoms with E-state index in [-0.39, 0.29) is 11.5 Å². The van der Waals surface area contributed by atoms with Crippen LogP contribution in [-0.2, 0) is 12.8 Å². The summed E-state index contributed by atoms with van der Waals surface area (Å²) in [6.07, 6.45) is 7.92. The zero-order chi connectivity index (χ0) is 13.1. The van der Waals surface area contributed by atoms with Crippen molar-refractivity contribution in [2.45, 2.75) is 64.7 Å². The van der Waals surface area contributed by atoms with Crippen molar-refractivity contribution in [3.05, 3.63) is 22.8 Å². The Morgan fingerprint density at radius 3 is 2.28 bits per heavy atom. The number of benzene rings is 1. The van der Waals surface area contributed by atoms with Crippen molar-refractivity contribution in [1.82, 2.24) is 0 Å². The maximum atomic E-state index is 10.2. The van der Waals surface area contributed by atoms with Crippen LogP contribution >= 0.6 is 0 Å². The average Bonchev–Trinajstić information content (AvgIpc) is 2.42. The van der Waals surface area contributed by atoms with E-state index in [1.807, 2.05) is 0 Å². The van der Waals surface area contributed by atoms with Gasteiger partial charge in [0, 0.05) is 5.56 Å². The molecule has 2 nitrogen and oxygen atoms in total. The topological polar surface area (TPSA) is 40.5 Å². The molecule has 0 radical (unpaired) electrons. The van der Waals surface area contributed by atoms with Gasteiger partial charge in [-0.2, -0.15) is 0 Å². The van der Waals surface area contributed by atoms with Crippen LogP contribution in [0.5, 0.6) is 11.5 Å². The Kier molecular flexibility index (Phi) is 4.15. The molecule has 0 heterocycles. The van der Waals surface area contributed by atoms with E-state index in [0.717, 1.165) is 31.2 Å². The summed E-state index contributed by atoms with van der Waals surface area (Å²) in [6, 6.07) is 1.74. The molecule has 1 aromatic rings. The first-order valence-corrected chi connectivity index (χ1v) is 7.25. The minimum atomic E-state index is 0.0598. The molecule has 0 aliphatic heterocycles. The molecule has 2 N–H and O–H groups in total. The molecule has 1 aromatic carbocycles. The van der Waals surface area contributed by atoms with E-state index in [9.17, 15) is 10.2 Å². The van der Waals surface area contributed by atoms with Gasteiger partial charge in [-0.15, -0.1) is 0 Å². The largest absolute Gasteiger partial charge is 0.504 e. The normalized spacial score (nSPS) is 17.0. The molecule has 100 valence electrons. The van der Waals surface area contributed by atoms with E-state index < -0.39 is 0 Å². The molecule has 0 bridgehead atoms. The summed E-state index contributed by atoms with van der Waals surface area (Å²) < 4.78 is 0. The smallest absolute Gasteiger partial charge is 0.161 e. The molecule has 2 rings (SSSR count). The van der Waals surface area contributed by atoms with Gasteiger partial charge in [0.2, 0.25) is 0 Å². The predicted molar refractivity (Wildman–Crippen MR) is 74.4 cm³/mol. The van der Waals surface area contributed by atoms with Crippen molar-refractivity contribution in [3.8, 4) is 11.5 Å². The Morgan fingerprint density at radius 2 is 1.72 bits per heavy atom. The first-order chi connectivity index (χ1) is 8.69. The second kappa shape index (κ2) is 5.64. The Hall–Kier alpha value is -1.18. The lowest BCUT2D eigenvalue weighted by molar-refractivity contribution is 0.378. The molecule has 0 aromatic heterocycles. The van der Waals surface area contributed by atoms with Crippen LogP contribution in [0.15, 0.2) is 6.07 Å². The van der Waals surface area contributed by atoms with Gasteiger partial charge in [0.1, 0.15) is 0 Å². The SMILES string of the molecule is CCc1cc(O)c(O)c(C2CCCCC2)c1CC. The molecular formula is C16H24O2. The van der Waals surface area contributed by atoms with Crippen molar-refractivity contribution < 1.29 is 10.2 Å². The molecule has 0 amide bonds. The van der Waals surface area contributed by atoms with Gasteiger partial charge in [-0.25, -0.2) is 0 Å². The number of hydrogen-bond acceptors (Lipinski definition) is 2. The standard InChI is InChI=1S/C16H24O2/c1-3-11-10-14(17)16(18)15(13(11)4-2)12-8-6-5-7-9-12/h10,12,17-18H,3-9H2,1-2H3. The van der Waals surface area contributed by atoms with Crippen molar-refractivity contribution in [3.63, 3.8) is 0 Å². The maximum Gasteiger partial charge on any atom is 0.161 e. The summed E-state index contributed by atoms with van der Waals surface area (Å²) in [5.74, 6) is 0.631. The number of aryl methyl sites for hydroxylation is 1. The quantitative estimate of drug-likeness (QED) is 0.784. The van der Waals surface area contributed by atoms with Crippen LogP contribution < -0.4 is 0 Å². The molecule has 1 fully saturated rings. The predicted octanol–water partition coefficient (Wildman–Crippen LogP) is 4.27. The third-order valence-corrected chi connectivity index (χ3v) is 4.27. The molecule has 18 heavy (non-hydrogen) atoms. The Bertz CT molecular complexity index is 418. The molecule has 1 aliphatic rings. The van der Waals surface area contributed by atoms with E-state index in [2.05, 4.69) is 13.8 Å². The third kappa shape index (κ3) is 2.33. The second-order valence-electron chi connectivity index (χ2n) is 5.34. The summed E-state index contributed by atoms with van der Waals surface area (Å²) in [7, 11) is 0. The molecule has 0 unspecified atom stereocenters. The van der Waals surface area contributed by atoms with Gasteiger partial charge >= 0.3 is 0 Å². The van der Waals surface area contributed by atoms with E-state index >= 15 is 0 Å². The molecule has 1 aliphatic carbocycles. The molecular weight excluding hydrogens is 224 g/mol. The van der Waals surface area contributed by atoms with Crippen LogP contribution in [0.3, 0.4) is 0 Å². The molecule has 0 spiro atoms. The van der Waals surface area contributed by atoms with Crippen LogP contribution in [0.4, 0.5) is 0 Å². The lowest BCUT2D eigenvalue weighted by atomic mass is 9.79. The number of rotatable bonds is 3. The molecule has 1 saturated carbocycles. The fraction of sp³-hybridized carbons (Fsp3) is 0.625. The highest BCUT2D eigenvalue weighted by Crippen LogP contribution is 2.44. The van der Waals surface area contributed by atoms with Gasteiger partial charge < -0.3 is 10.2 Å². The van der Waals surface area contributed by atoms with Crippen molar-refractivity contribution >= 4 is 0 Å². The number of hydrogen-bond donors (Lipinski definition) is 2. The second-order valence-corrected chi connectivity index (χ2v) is 5.34. The van der Waals surface area contributed by atoms with E-state index in [4.69, 9.17) is 0 Å². The maximum absolute atomic E-state index is 10.2. The van der Waals surface area contributed by atoms with Gasteiger partial charge in [-0.1, -0.05) is 33.1 Å². The minimum Gasteiger partial charge on any atom is -0.504 e. The van der Waals surface area contributed by atoms with E-state index in [1.54, 1.807) is 6.07 Å². The summed E-state index contributed by atoms with van der Waals surface area (Å²) in [6.45, 7) is 4.24. The summed E-state index contributed by atoms with van der Waals surface area (Å²) in [4.78, 5) is 0. The first kappa shape index (κ1) is 13.3. The van der Waals surface area contributed by atoms with Gasteiger partial charge in [0.15, 0.2) is 11.5 Å². The van der Waals surface area contributed by atoms with Gasteiger partial charge in [-0.3, -0.25) is 0 Å². The highest BCUT2D eigenvalue weighted by molar-refractivity contribution is 5.54. The van der Waals surface area contributed by atoms with Crippen molar-refractivity contribution in [2.75, 3.05) is 0 Å². The Morgan fingerprint density at radius 1 is 1.06 bits per heavy atom. The van der Waals surface area contributed by atoms with Crippen LogP contribution in [-0.4, -0.2) is 10.2 Å². The highest BCUT2D eigenvalue weighted by atomic mass is 16.3. The average molecular weight is 248 g/mol. The number of phenols is 2. The van der Waals surface area contributed by atoms with Gasteiger partial charge in [0.25, 0.3) is 0 Å². The summed E-state index contributed by atoms with van der Waals surface area (Å²) in [5.41, 5.74) is 3.49. The molecule has 0 saturated heterocycles. The summed E-state index contributed by atoms with van der Waals surface area (Å²) in [5, 5.41) is 20.1. The minimum absolute atomic E-state index is 0.0598. The fourth-order valence-electron chi connectivity index (χ4n) is 3.34. The summed E-state index contributed by atoms with van der Waals surface area (Å²) >= 11 is 0. The molecule has 2 heteroatoms. The van der Waals surface area contributed by atoms with E-state index in [0.29, 0.717) is 5.92 Å². The van der Waals surface area contributed by atoms with Gasteiger partial charge in [0.05, 0.1) is 0 Å². The Balaban J connectivity index is 2.51. The highest BCUT2D eigenvalue weighted by Gasteiger charge is 2.24. The third-order valence-electron chi connectivity index (χ3n) is 4.27. The van der Waals surface area contributed by atoms with Crippen LogP contribution in [0.25, 0.3) is 0 Å². The lowest BCUT2D eigenvalue weighted by Gasteiger charge is -2.26. The van der Waals surface area contributed by atoms with Gasteiger partial charge in [-0.05, 0) is 48.8 Å². The monoisotopic (exact) mass is 248 g/mol. The van der Waals surface area contributed by atoms with Crippen molar-refractivity contribution in [2.24, 2.45) is 0 Å². The Labute approximate surface area is 110 Å². The van der Waals surface area contributed by atoms with Crippen molar-refractivity contribution in [1.29, 1.82) is 0 Å². The van der Waals surface area contributed by atoms with Crippen LogP contribution in [0.2, 0.25) is 0 Å².